The number of nitrogens with one attached hydrogen (secondary N) is 1. The van der Waals surface area contributed by atoms with Crippen LogP contribution in [-0.2, 0) is 4.79 Å². The lowest BCUT2D eigenvalue weighted by Crippen LogP contribution is -2.30. The topological polar surface area (TPSA) is 62.2 Å². The molecule has 1 heterocycles. The van der Waals surface area contributed by atoms with Crippen LogP contribution in [0.5, 0.6) is 0 Å². The van der Waals surface area contributed by atoms with E-state index in [1.807, 2.05) is 26.8 Å². The van der Waals surface area contributed by atoms with E-state index < -0.39 is 12.0 Å². The SMILES string of the molecule is Cc1cc(N[C@@H](CC(C)C)C(=O)O)ccn1. The fraction of sp³-hybridized carbons (Fsp3) is 0.500. The lowest BCUT2D eigenvalue weighted by atomic mass is 10.0. The predicted octanol–water partition coefficient (Wildman–Crippen LogP) is 2.30. The van der Waals surface area contributed by atoms with Crippen molar-refractivity contribution in [1.82, 2.24) is 4.98 Å². The molecule has 0 bridgehead atoms. The standard InChI is InChI=1S/C12H18N2O2/c1-8(2)6-11(12(15)16)14-10-4-5-13-9(3)7-10/h4-5,7-8,11H,6H2,1-3H3,(H,13,14)(H,15,16)/t11-/m0/s1. The maximum atomic E-state index is 11.0. The zero-order valence-corrected chi connectivity index (χ0v) is 9.90. The molecule has 0 saturated carbocycles. The van der Waals surface area contributed by atoms with E-state index >= 15 is 0 Å². The number of carbonyl (C=O) groups is 1. The molecule has 0 aliphatic rings. The first-order valence-corrected chi connectivity index (χ1v) is 5.41. The van der Waals surface area contributed by atoms with Gasteiger partial charge in [-0.15, -0.1) is 0 Å². The second-order valence-corrected chi connectivity index (χ2v) is 4.35. The largest absolute Gasteiger partial charge is 0.480 e. The molecule has 0 amide bonds. The number of hydrogen-bond acceptors (Lipinski definition) is 3. The van der Waals surface area contributed by atoms with Gasteiger partial charge in [0.15, 0.2) is 0 Å². The summed E-state index contributed by atoms with van der Waals surface area (Å²) in [5.41, 5.74) is 1.68. The molecule has 0 aliphatic carbocycles. The van der Waals surface area contributed by atoms with Gasteiger partial charge >= 0.3 is 5.97 Å². The van der Waals surface area contributed by atoms with Crippen LogP contribution in [0.15, 0.2) is 18.3 Å². The number of hydrogen-bond donors (Lipinski definition) is 2. The highest BCUT2D eigenvalue weighted by Gasteiger charge is 2.18. The monoisotopic (exact) mass is 222 g/mol. The average molecular weight is 222 g/mol. The van der Waals surface area contributed by atoms with Gasteiger partial charge in [0.25, 0.3) is 0 Å². The van der Waals surface area contributed by atoms with Crippen molar-refractivity contribution in [1.29, 1.82) is 0 Å². The Morgan fingerprint density at radius 2 is 2.25 bits per heavy atom. The lowest BCUT2D eigenvalue weighted by molar-refractivity contribution is -0.138. The van der Waals surface area contributed by atoms with Crippen LogP contribution in [0.3, 0.4) is 0 Å². The Balaban J connectivity index is 2.71. The number of carboxylic acid groups (broad SMARTS) is 1. The summed E-state index contributed by atoms with van der Waals surface area (Å²) in [6.07, 6.45) is 2.28. The number of nitrogens with zero attached hydrogens (tertiary/aromatic N) is 1. The summed E-state index contributed by atoms with van der Waals surface area (Å²) in [6.45, 7) is 5.90. The van der Waals surface area contributed by atoms with Gasteiger partial charge in [-0.3, -0.25) is 4.98 Å². The number of anilines is 1. The zero-order chi connectivity index (χ0) is 12.1. The Morgan fingerprint density at radius 3 is 2.75 bits per heavy atom. The average Bonchev–Trinajstić information content (AvgIpc) is 2.15. The minimum atomic E-state index is -0.817. The van der Waals surface area contributed by atoms with E-state index in [0.29, 0.717) is 12.3 Å². The molecule has 1 aromatic heterocycles. The number of rotatable bonds is 5. The minimum absolute atomic E-state index is 0.344. The molecule has 0 aliphatic heterocycles. The van der Waals surface area contributed by atoms with Crippen LogP contribution in [0.25, 0.3) is 0 Å². The molecule has 0 saturated heterocycles. The van der Waals surface area contributed by atoms with Crippen molar-refractivity contribution < 1.29 is 9.90 Å². The van der Waals surface area contributed by atoms with E-state index in [-0.39, 0.29) is 0 Å². The van der Waals surface area contributed by atoms with Crippen molar-refractivity contribution in [3.05, 3.63) is 24.0 Å². The summed E-state index contributed by atoms with van der Waals surface area (Å²) in [5.74, 6) is -0.473. The number of aliphatic carboxylic acids is 1. The van der Waals surface area contributed by atoms with Gasteiger partial charge in [0.05, 0.1) is 0 Å². The third kappa shape index (κ3) is 3.88. The summed E-state index contributed by atoms with van der Waals surface area (Å²) in [7, 11) is 0. The highest BCUT2D eigenvalue weighted by atomic mass is 16.4. The predicted molar refractivity (Wildman–Crippen MR) is 63.5 cm³/mol. The molecule has 88 valence electrons. The minimum Gasteiger partial charge on any atom is -0.480 e. The molecule has 0 fully saturated rings. The Bertz CT molecular complexity index is 364. The van der Waals surface area contributed by atoms with Crippen molar-refractivity contribution >= 4 is 11.7 Å². The van der Waals surface area contributed by atoms with E-state index in [9.17, 15) is 4.79 Å². The van der Waals surface area contributed by atoms with Crippen molar-refractivity contribution in [3.8, 4) is 0 Å². The second-order valence-electron chi connectivity index (χ2n) is 4.35. The summed E-state index contributed by atoms with van der Waals surface area (Å²) in [6, 6.07) is 3.08. The third-order valence-corrected chi connectivity index (χ3v) is 2.24. The van der Waals surface area contributed by atoms with Crippen LogP contribution in [0.2, 0.25) is 0 Å². The highest BCUT2D eigenvalue weighted by Crippen LogP contribution is 2.13. The normalized spacial score (nSPS) is 12.5. The molecule has 1 atom stereocenters. The van der Waals surface area contributed by atoms with E-state index in [0.717, 1.165) is 11.4 Å². The van der Waals surface area contributed by atoms with E-state index in [1.165, 1.54) is 0 Å². The van der Waals surface area contributed by atoms with E-state index in [1.54, 1.807) is 12.3 Å². The van der Waals surface area contributed by atoms with Crippen LogP contribution in [0, 0.1) is 12.8 Å². The maximum Gasteiger partial charge on any atom is 0.326 e. The second kappa shape index (κ2) is 5.49. The Hall–Kier alpha value is -1.58. The maximum absolute atomic E-state index is 11.0. The molecule has 0 aromatic carbocycles. The van der Waals surface area contributed by atoms with Gasteiger partial charge in [-0.25, -0.2) is 4.79 Å². The quantitative estimate of drug-likeness (QED) is 0.802. The molecule has 16 heavy (non-hydrogen) atoms. The van der Waals surface area contributed by atoms with Crippen molar-refractivity contribution in [2.75, 3.05) is 5.32 Å². The molecule has 1 rings (SSSR count). The number of pyridine rings is 1. The van der Waals surface area contributed by atoms with Gasteiger partial charge in [-0.1, -0.05) is 13.8 Å². The molecule has 0 spiro atoms. The molecule has 2 N–H and O–H groups in total. The Kier molecular flexibility index (Phi) is 4.28. The molecule has 1 aromatic rings. The number of aryl methyl sites for hydroxylation is 1. The van der Waals surface area contributed by atoms with Crippen molar-refractivity contribution in [3.63, 3.8) is 0 Å². The van der Waals surface area contributed by atoms with Gasteiger partial charge in [0.2, 0.25) is 0 Å². The summed E-state index contributed by atoms with van der Waals surface area (Å²) in [5, 5.41) is 12.1. The number of aromatic nitrogens is 1. The van der Waals surface area contributed by atoms with Crippen LogP contribution in [0.4, 0.5) is 5.69 Å². The molecule has 4 nitrogen and oxygen atoms in total. The summed E-state index contributed by atoms with van der Waals surface area (Å²) >= 11 is 0. The van der Waals surface area contributed by atoms with Gasteiger partial charge in [0.1, 0.15) is 6.04 Å². The van der Waals surface area contributed by atoms with Crippen LogP contribution in [0.1, 0.15) is 26.0 Å². The highest BCUT2D eigenvalue weighted by molar-refractivity contribution is 5.77. The lowest BCUT2D eigenvalue weighted by Gasteiger charge is -2.17. The third-order valence-electron chi connectivity index (χ3n) is 2.24. The van der Waals surface area contributed by atoms with E-state index in [2.05, 4.69) is 10.3 Å². The molecule has 0 unspecified atom stereocenters. The first kappa shape index (κ1) is 12.5. The van der Waals surface area contributed by atoms with Gasteiger partial charge in [0, 0.05) is 17.6 Å². The molecular formula is C12H18N2O2. The van der Waals surface area contributed by atoms with Crippen LogP contribution in [-0.4, -0.2) is 22.1 Å². The fourth-order valence-corrected chi connectivity index (χ4v) is 1.53. The smallest absolute Gasteiger partial charge is 0.326 e. The van der Waals surface area contributed by atoms with Crippen molar-refractivity contribution in [2.45, 2.75) is 33.2 Å². The van der Waals surface area contributed by atoms with Crippen LogP contribution < -0.4 is 5.32 Å². The van der Waals surface area contributed by atoms with Gasteiger partial charge in [-0.05, 0) is 31.4 Å². The zero-order valence-electron chi connectivity index (χ0n) is 9.90. The molecule has 4 heteroatoms. The van der Waals surface area contributed by atoms with Crippen molar-refractivity contribution in [2.24, 2.45) is 5.92 Å². The first-order valence-electron chi connectivity index (χ1n) is 5.41. The Labute approximate surface area is 95.7 Å². The number of carboxylic acids is 1. The van der Waals surface area contributed by atoms with Crippen LogP contribution >= 0.6 is 0 Å². The van der Waals surface area contributed by atoms with Gasteiger partial charge in [-0.2, -0.15) is 0 Å². The van der Waals surface area contributed by atoms with E-state index in [4.69, 9.17) is 5.11 Å². The first-order chi connectivity index (χ1) is 7.49. The van der Waals surface area contributed by atoms with Gasteiger partial charge < -0.3 is 10.4 Å². The summed E-state index contributed by atoms with van der Waals surface area (Å²) < 4.78 is 0. The molecular weight excluding hydrogens is 204 g/mol. The molecule has 0 radical (unpaired) electrons. The Morgan fingerprint density at radius 1 is 1.56 bits per heavy atom. The summed E-state index contributed by atoms with van der Waals surface area (Å²) in [4.78, 5) is 15.1. The fourth-order valence-electron chi connectivity index (χ4n) is 1.53.